The largest absolute Gasteiger partial charge is 0.451 e. The van der Waals surface area contributed by atoms with E-state index in [-0.39, 0.29) is 11.8 Å². The second kappa shape index (κ2) is 7.93. The molecule has 2 atom stereocenters. The van der Waals surface area contributed by atoms with Crippen LogP contribution in [0.4, 0.5) is 0 Å². The van der Waals surface area contributed by atoms with Crippen LogP contribution in [0.25, 0.3) is 0 Å². The molecule has 0 aliphatic rings. The van der Waals surface area contributed by atoms with Crippen LogP contribution < -0.4 is 5.32 Å². The highest BCUT2D eigenvalue weighted by atomic mass is 79.9. The first-order valence-electron chi connectivity index (χ1n) is 6.70. The Kier molecular flexibility index (Phi) is 6.55. The molecule has 6 nitrogen and oxygen atoms in total. The number of carbonyl (C=O) groups is 3. The number of carbonyl (C=O) groups excluding carboxylic acids is 3. The number of esters is 1. The minimum atomic E-state index is -0.894. The standard InChI is InChI=1S/C15H19BrN2O4/c1-9(15(21)22-10(2)14(20)18(3)4)17-13(19)11-5-7-12(16)8-6-11/h5-10H,1-4H3,(H,17,19)/t9-,10-/m0/s1. The molecule has 1 aromatic carbocycles. The lowest BCUT2D eigenvalue weighted by atomic mass is 10.2. The number of rotatable bonds is 5. The second-order valence-corrected chi connectivity index (χ2v) is 5.93. The van der Waals surface area contributed by atoms with Crippen LogP contribution in [0.15, 0.2) is 28.7 Å². The van der Waals surface area contributed by atoms with Gasteiger partial charge in [0.2, 0.25) is 0 Å². The third-order valence-electron chi connectivity index (χ3n) is 2.89. The summed E-state index contributed by atoms with van der Waals surface area (Å²) in [6, 6.07) is 5.88. The van der Waals surface area contributed by atoms with Gasteiger partial charge in [-0.1, -0.05) is 15.9 Å². The third-order valence-corrected chi connectivity index (χ3v) is 3.42. The minimum absolute atomic E-state index is 0.320. The monoisotopic (exact) mass is 370 g/mol. The van der Waals surface area contributed by atoms with Crippen molar-refractivity contribution in [3.05, 3.63) is 34.3 Å². The first-order chi connectivity index (χ1) is 10.2. The molecule has 0 fully saturated rings. The average Bonchev–Trinajstić information content (AvgIpc) is 2.46. The Morgan fingerprint density at radius 3 is 2.18 bits per heavy atom. The quantitative estimate of drug-likeness (QED) is 0.798. The fourth-order valence-electron chi connectivity index (χ4n) is 1.63. The molecule has 120 valence electrons. The van der Waals surface area contributed by atoms with Crippen LogP contribution in [0.1, 0.15) is 24.2 Å². The number of nitrogens with one attached hydrogen (secondary N) is 1. The molecule has 0 unspecified atom stereocenters. The van der Waals surface area contributed by atoms with Crippen molar-refractivity contribution in [1.29, 1.82) is 0 Å². The number of halogens is 1. The lowest BCUT2D eigenvalue weighted by Gasteiger charge is -2.19. The fraction of sp³-hybridized carbons (Fsp3) is 0.400. The van der Waals surface area contributed by atoms with Gasteiger partial charge in [0.05, 0.1) is 0 Å². The molecule has 22 heavy (non-hydrogen) atoms. The highest BCUT2D eigenvalue weighted by Gasteiger charge is 2.24. The Bertz CT molecular complexity index is 557. The summed E-state index contributed by atoms with van der Waals surface area (Å²) in [5.74, 6) is -1.36. The molecule has 0 spiro atoms. The van der Waals surface area contributed by atoms with Crippen LogP contribution in [0.5, 0.6) is 0 Å². The van der Waals surface area contributed by atoms with Gasteiger partial charge in [0.25, 0.3) is 11.8 Å². The van der Waals surface area contributed by atoms with Crippen LogP contribution >= 0.6 is 15.9 Å². The zero-order valence-corrected chi connectivity index (χ0v) is 14.5. The van der Waals surface area contributed by atoms with Gasteiger partial charge in [0.1, 0.15) is 6.04 Å². The summed E-state index contributed by atoms with van der Waals surface area (Å²) in [6.07, 6.45) is -0.894. The molecule has 0 heterocycles. The molecule has 0 radical (unpaired) electrons. The van der Waals surface area contributed by atoms with E-state index in [0.717, 1.165) is 4.47 Å². The van der Waals surface area contributed by atoms with Gasteiger partial charge < -0.3 is 15.0 Å². The van der Waals surface area contributed by atoms with Gasteiger partial charge >= 0.3 is 5.97 Å². The predicted molar refractivity (Wildman–Crippen MR) is 85.3 cm³/mol. The molecule has 0 aromatic heterocycles. The van der Waals surface area contributed by atoms with E-state index >= 15 is 0 Å². The SMILES string of the molecule is C[C@H](NC(=O)c1ccc(Br)cc1)C(=O)O[C@@H](C)C(=O)N(C)C. The lowest BCUT2D eigenvalue weighted by Crippen LogP contribution is -2.43. The Morgan fingerprint density at radius 1 is 1.14 bits per heavy atom. The Hall–Kier alpha value is -1.89. The van der Waals surface area contributed by atoms with Gasteiger partial charge in [-0.3, -0.25) is 9.59 Å². The third kappa shape index (κ3) is 5.14. The van der Waals surface area contributed by atoms with Gasteiger partial charge in [0.15, 0.2) is 6.10 Å². The number of ether oxygens (including phenoxy) is 1. The summed E-state index contributed by atoms with van der Waals surface area (Å²) >= 11 is 3.28. The van der Waals surface area contributed by atoms with Crippen molar-refractivity contribution in [2.75, 3.05) is 14.1 Å². The number of likely N-dealkylation sites (N-methyl/N-ethyl adjacent to an activating group) is 1. The zero-order chi connectivity index (χ0) is 16.9. The van der Waals surface area contributed by atoms with Crippen LogP contribution in [0.3, 0.4) is 0 Å². The molecular formula is C15H19BrN2O4. The molecule has 0 saturated heterocycles. The van der Waals surface area contributed by atoms with Gasteiger partial charge in [-0.25, -0.2) is 4.79 Å². The Balaban J connectivity index is 2.58. The molecule has 1 rings (SSSR count). The van der Waals surface area contributed by atoms with Crippen LogP contribution in [0.2, 0.25) is 0 Å². The summed E-state index contributed by atoms with van der Waals surface area (Å²) in [5, 5.41) is 2.54. The number of nitrogens with zero attached hydrogens (tertiary/aromatic N) is 1. The topological polar surface area (TPSA) is 75.7 Å². The second-order valence-electron chi connectivity index (χ2n) is 5.01. The van der Waals surface area contributed by atoms with Crippen LogP contribution in [-0.4, -0.2) is 48.9 Å². The average molecular weight is 371 g/mol. The van der Waals surface area contributed by atoms with Crippen molar-refractivity contribution in [3.63, 3.8) is 0 Å². The summed E-state index contributed by atoms with van der Waals surface area (Å²) < 4.78 is 5.89. The van der Waals surface area contributed by atoms with Gasteiger partial charge in [0, 0.05) is 24.1 Å². The van der Waals surface area contributed by atoms with Crippen molar-refractivity contribution in [2.45, 2.75) is 26.0 Å². The van der Waals surface area contributed by atoms with E-state index in [9.17, 15) is 14.4 Å². The van der Waals surface area contributed by atoms with Crippen LogP contribution in [0, 0.1) is 0 Å². The molecule has 0 saturated carbocycles. The van der Waals surface area contributed by atoms with Crippen LogP contribution in [-0.2, 0) is 14.3 Å². The summed E-state index contributed by atoms with van der Waals surface area (Å²) in [6.45, 7) is 3.00. The van der Waals surface area contributed by atoms with Crippen molar-refractivity contribution in [2.24, 2.45) is 0 Å². The summed E-state index contributed by atoms with van der Waals surface area (Å²) in [7, 11) is 3.15. The first kappa shape index (κ1) is 18.2. The predicted octanol–water partition coefficient (Wildman–Crippen LogP) is 1.59. The van der Waals surface area contributed by atoms with E-state index < -0.39 is 18.1 Å². The maximum Gasteiger partial charge on any atom is 0.329 e. The molecule has 2 amide bonds. The summed E-state index contributed by atoms with van der Waals surface area (Å²) in [4.78, 5) is 36.8. The molecule has 0 bridgehead atoms. The minimum Gasteiger partial charge on any atom is -0.451 e. The normalized spacial score (nSPS) is 13.0. The fourth-order valence-corrected chi connectivity index (χ4v) is 1.89. The van der Waals surface area contributed by atoms with E-state index in [1.165, 1.54) is 18.7 Å². The maximum absolute atomic E-state index is 12.0. The van der Waals surface area contributed by atoms with Gasteiger partial charge in [-0.15, -0.1) is 0 Å². The zero-order valence-electron chi connectivity index (χ0n) is 12.9. The summed E-state index contributed by atoms with van der Waals surface area (Å²) in [5.41, 5.74) is 0.431. The van der Waals surface area contributed by atoms with E-state index in [1.54, 1.807) is 38.4 Å². The highest BCUT2D eigenvalue weighted by molar-refractivity contribution is 9.10. The molecular weight excluding hydrogens is 352 g/mol. The molecule has 7 heteroatoms. The molecule has 0 aliphatic heterocycles. The van der Waals surface area contributed by atoms with Gasteiger partial charge in [-0.05, 0) is 38.1 Å². The van der Waals surface area contributed by atoms with E-state index in [2.05, 4.69) is 21.2 Å². The Morgan fingerprint density at radius 2 is 1.68 bits per heavy atom. The first-order valence-corrected chi connectivity index (χ1v) is 7.49. The lowest BCUT2D eigenvalue weighted by molar-refractivity contribution is -0.159. The van der Waals surface area contributed by atoms with Crippen molar-refractivity contribution in [3.8, 4) is 0 Å². The number of hydrogen-bond acceptors (Lipinski definition) is 4. The van der Waals surface area contributed by atoms with E-state index in [4.69, 9.17) is 4.74 Å². The smallest absolute Gasteiger partial charge is 0.329 e. The molecule has 1 aromatic rings. The Labute approximate surface area is 137 Å². The van der Waals surface area contributed by atoms with Crippen molar-refractivity contribution < 1.29 is 19.1 Å². The van der Waals surface area contributed by atoms with E-state index in [0.29, 0.717) is 5.56 Å². The van der Waals surface area contributed by atoms with Gasteiger partial charge in [-0.2, -0.15) is 0 Å². The maximum atomic E-state index is 12.0. The van der Waals surface area contributed by atoms with Crippen molar-refractivity contribution >= 4 is 33.7 Å². The van der Waals surface area contributed by atoms with Crippen molar-refractivity contribution in [1.82, 2.24) is 10.2 Å². The number of hydrogen-bond donors (Lipinski definition) is 1. The molecule has 1 N–H and O–H groups in total. The number of benzene rings is 1. The molecule has 0 aliphatic carbocycles. The van der Waals surface area contributed by atoms with E-state index in [1.807, 2.05) is 0 Å². The number of amides is 2. The highest BCUT2D eigenvalue weighted by Crippen LogP contribution is 2.10.